The van der Waals surface area contributed by atoms with Gasteiger partial charge in [-0.2, -0.15) is 0 Å². The second kappa shape index (κ2) is 4.83. The Morgan fingerprint density at radius 2 is 2.18 bits per heavy atom. The van der Waals surface area contributed by atoms with Gasteiger partial charge < -0.3 is 10.2 Å². The average Bonchev–Trinajstić information content (AvgIpc) is 2.91. The quantitative estimate of drug-likeness (QED) is 0.850. The summed E-state index contributed by atoms with van der Waals surface area (Å²) in [6, 6.07) is 5.26. The minimum atomic E-state index is 0.424. The Labute approximate surface area is 103 Å². The fourth-order valence-electron chi connectivity index (χ4n) is 2.98. The number of furan rings is 1. The zero-order chi connectivity index (χ0) is 11.7. The second-order valence-corrected chi connectivity index (χ2v) is 5.59. The van der Waals surface area contributed by atoms with Crippen LogP contribution in [0.15, 0.2) is 22.8 Å². The fraction of sp³-hybridized carbons (Fsp3) is 0.714. The third-order valence-electron chi connectivity index (χ3n) is 4.19. The summed E-state index contributed by atoms with van der Waals surface area (Å²) < 4.78 is 5.46. The molecular weight excluding hydrogens is 212 g/mol. The van der Waals surface area contributed by atoms with Gasteiger partial charge >= 0.3 is 0 Å². The van der Waals surface area contributed by atoms with Crippen LogP contribution in [0.2, 0.25) is 0 Å². The zero-order valence-corrected chi connectivity index (χ0v) is 10.3. The summed E-state index contributed by atoms with van der Waals surface area (Å²) in [4.78, 5) is 2.58. The third-order valence-corrected chi connectivity index (χ3v) is 4.19. The van der Waals surface area contributed by atoms with Crippen molar-refractivity contribution in [3.05, 3.63) is 24.2 Å². The molecule has 2 atom stereocenters. The minimum Gasteiger partial charge on any atom is -0.468 e. The van der Waals surface area contributed by atoms with Gasteiger partial charge in [0, 0.05) is 18.6 Å². The maximum atomic E-state index is 6.17. The highest BCUT2D eigenvalue weighted by molar-refractivity contribution is 5.00. The smallest absolute Gasteiger partial charge is 0.117 e. The zero-order valence-electron chi connectivity index (χ0n) is 10.3. The first-order valence-corrected chi connectivity index (χ1v) is 6.85. The standard InChI is InChI=1S/C14H22N2O/c15-14-5-1-3-11(14)9-16(12-6-7-12)10-13-4-2-8-17-13/h2,4,8,11-12,14H,1,3,5-7,9-10,15H2. The molecule has 2 N–H and O–H groups in total. The van der Waals surface area contributed by atoms with E-state index in [9.17, 15) is 0 Å². The van der Waals surface area contributed by atoms with Crippen LogP contribution in [0.25, 0.3) is 0 Å². The number of nitrogens with two attached hydrogens (primary N) is 1. The minimum absolute atomic E-state index is 0.424. The molecule has 0 radical (unpaired) electrons. The van der Waals surface area contributed by atoms with E-state index >= 15 is 0 Å². The van der Waals surface area contributed by atoms with Crippen molar-refractivity contribution >= 4 is 0 Å². The normalized spacial score (nSPS) is 29.1. The van der Waals surface area contributed by atoms with E-state index in [0.717, 1.165) is 24.9 Å². The van der Waals surface area contributed by atoms with Gasteiger partial charge in [0.15, 0.2) is 0 Å². The first-order chi connectivity index (χ1) is 8.33. The highest BCUT2D eigenvalue weighted by Gasteiger charge is 2.33. The van der Waals surface area contributed by atoms with Crippen LogP contribution in [0, 0.1) is 5.92 Å². The molecule has 3 nitrogen and oxygen atoms in total. The summed E-state index contributed by atoms with van der Waals surface area (Å²) in [5.74, 6) is 1.79. The molecule has 0 aromatic carbocycles. The molecular formula is C14H22N2O. The molecule has 0 saturated heterocycles. The molecule has 0 bridgehead atoms. The van der Waals surface area contributed by atoms with Crippen LogP contribution < -0.4 is 5.73 Å². The van der Waals surface area contributed by atoms with Crippen LogP contribution >= 0.6 is 0 Å². The topological polar surface area (TPSA) is 42.4 Å². The molecule has 0 amide bonds. The van der Waals surface area contributed by atoms with Crippen molar-refractivity contribution < 1.29 is 4.42 Å². The van der Waals surface area contributed by atoms with E-state index in [1.807, 2.05) is 6.07 Å². The van der Waals surface area contributed by atoms with E-state index < -0.39 is 0 Å². The van der Waals surface area contributed by atoms with Gasteiger partial charge in [-0.1, -0.05) is 6.42 Å². The lowest BCUT2D eigenvalue weighted by Crippen LogP contribution is -2.37. The molecule has 2 fully saturated rings. The second-order valence-electron chi connectivity index (χ2n) is 5.59. The molecule has 2 saturated carbocycles. The largest absolute Gasteiger partial charge is 0.468 e. The van der Waals surface area contributed by atoms with E-state index in [2.05, 4.69) is 11.0 Å². The van der Waals surface area contributed by atoms with E-state index in [1.165, 1.54) is 32.1 Å². The molecule has 94 valence electrons. The predicted octanol–water partition coefficient (Wildman–Crippen LogP) is 2.37. The average molecular weight is 234 g/mol. The van der Waals surface area contributed by atoms with Gasteiger partial charge in [-0.25, -0.2) is 0 Å². The Kier molecular flexibility index (Phi) is 3.21. The van der Waals surface area contributed by atoms with Gasteiger partial charge in [-0.3, -0.25) is 4.90 Å². The maximum Gasteiger partial charge on any atom is 0.117 e. The van der Waals surface area contributed by atoms with Crippen molar-refractivity contribution in [1.82, 2.24) is 4.90 Å². The third kappa shape index (κ3) is 2.72. The summed E-state index contributed by atoms with van der Waals surface area (Å²) in [5, 5.41) is 0. The molecule has 2 aliphatic carbocycles. The van der Waals surface area contributed by atoms with Crippen molar-refractivity contribution in [2.45, 2.75) is 50.7 Å². The first-order valence-electron chi connectivity index (χ1n) is 6.85. The Bertz CT molecular complexity index is 345. The maximum absolute atomic E-state index is 6.17. The Balaban J connectivity index is 1.60. The molecule has 0 spiro atoms. The Morgan fingerprint density at radius 1 is 1.29 bits per heavy atom. The lowest BCUT2D eigenvalue weighted by Gasteiger charge is -2.26. The molecule has 0 aliphatic heterocycles. The van der Waals surface area contributed by atoms with Crippen LogP contribution in [-0.4, -0.2) is 23.5 Å². The van der Waals surface area contributed by atoms with Crippen LogP contribution in [0.5, 0.6) is 0 Å². The summed E-state index contributed by atoms with van der Waals surface area (Å²) in [6.45, 7) is 2.12. The summed E-state index contributed by atoms with van der Waals surface area (Å²) >= 11 is 0. The number of hydrogen-bond donors (Lipinski definition) is 1. The van der Waals surface area contributed by atoms with Gasteiger partial charge in [0.05, 0.1) is 12.8 Å². The molecule has 1 aromatic rings. The SMILES string of the molecule is NC1CCCC1CN(Cc1ccco1)C1CC1. The van der Waals surface area contributed by atoms with Crippen molar-refractivity contribution in [2.24, 2.45) is 11.7 Å². The van der Waals surface area contributed by atoms with Crippen LogP contribution in [0.4, 0.5) is 0 Å². The van der Waals surface area contributed by atoms with E-state index in [-0.39, 0.29) is 0 Å². The van der Waals surface area contributed by atoms with Crippen molar-refractivity contribution in [3.63, 3.8) is 0 Å². The fourth-order valence-corrected chi connectivity index (χ4v) is 2.98. The molecule has 2 unspecified atom stereocenters. The number of hydrogen-bond acceptors (Lipinski definition) is 3. The van der Waals surface area contributed by atoms with Crippen molar-refractivity contribution in [2.75, 3.05) is 6.54 Å². The lowest BCUT2D eigenvalue weighted by atomic mass is 10.0. The molecule has 17 heavy (non-hydrogen) atoms. The van der Waals surface area contributed by atoms with Gasteiger partial charge in [0.1, 0.15) is 5.76 Å². The number of nitrogens with zero attached hydrogens (tertiary/aromatic N) is 1. The molecule has 3 heteroatoms. The van der Waals surface area contributed by atoms with Crippen molar-refractivity contribution in [3.8, 4) is 0 Å². The van der Waals surface area contributed by atoms with Gasteiger partial charge in [-0.15, -0.1) is 0 Å². The van der Waals surface area contributed by atoms with Crippen molar-refractivity contribution in [1.29, 1.82) is 0 Å². The number of rotatable bonds is 5. The molecule has 1 heterocycles. The van der Waals surface area contributed by atoms with Gasteiger partial charge in [-0.05, 0) is 43.7 Å². The summed E-state index contributed by atoms with van der Waals surface area (Å²) in [6.07, 6.45) is 8.30. The van der Waals surface area contributed by atoms with Crippen LogP contribution in [-0.2, 0) is 6.54 Å². The molecule has 3 rings (SSSR count). The Morgan fingerprint density at radius 3 is 2.76 bits per heavy atom. The predicted molar refractivity (Wildman–Crippen MR) is 67.5 cm³/mol. The van der Waals surface area contributed by atoms with Crippen LogP contribution in [0.1, 0.15) is 37.9 Å². The highest BCUT2D eigenvalue weighted by Crippen LogP contribution is 2.32. The summed E-state index contributed by atoms with van der Waals surface area (Å²) in [7, 11) is 0. The lowest BCUT2D eigenvalue weighted by molar-refractivity contribution is 0.192. The Hall–Kier alpha value is -0.800. The highest BCUT2D eigenvalue weighted by atomic mass is 16.3. The molecule has 1 aromatic heterocycles. The van der Waals surface area contributed by atoms with Gasteiger partial charge in [0.25, 0.3) is 0 Å². The summed E-state index contributed by atoms with van der Waals surface area (Å²) in [5.41, 5.74) is 6.17. The van der Waals surface area contributed by atoms with Gasteiger partial charge in [0.2, 0.25) is 0 Å². The van der Waals surface area contributed by atoms with Crippen LogP contribution in [0.3, 0.4) is 0 Å². The monoisotopic (exact) mass is 234 g/mol. The molecule has 2 aliphatic rings. The van der Waals surface area contributed by atoms with E-state index in [4.69, 9.17) is 10.2 Å². The first kappa shape index (κ1) is 11.3. The van der Waals surface area contributed by atoms with E-state index in [0.29, 0.717) is 12.0 Å². The van der Waals surface area contributed by atoms with E-state index in [1.54, 1.807) is 6.26 Å².